The van der Waals surface area contributed by atoms with Crippen LogP contribution in [0.1, 0.15) is 12.8 Å². The van der Waals surface area contributed by atoms with E-state index >= 15 is 0 Å². The van der Waals surface area contributed by atoms with E-state index in [4.69, 9.17) is 5.11 Å². The van der Waals surface area contributed by atoms with Crippen molar-refractivity contribution in [2.75, 3.05) is 26.0 Å². The molecule has 1 rings (SSSR count). The summed E-state index contributed by atoms with van der Waals surface area (Å²) in [6.45, 7) is -0.0531. The fourth-order valence-corrected chi connectivity index (χ4v) is 2.36. The summed E-state index contributed by atoms with van der Waals surface area (Å²) in [6, 6.07) is 6.06. The molecule has 0 aromatic heterocycles. The minimum absolute atomic E-state index is 0.0531. The maximum absolute atomic E-state index is 11.9. The summed E-state index contributed by atoms with van der Waals surface area (Å²) in [5.41, 5.74) is 0.422. The average Bonchev–Trinajstić information content (AvgIpc) is 2.36. The molecule has 0 atom stereocenters. The molecular formula is C12H18N2O4S. The molecule has 0 spiro atoms. The Bertz CT molecular complexity index is 540. The van der Waals surface area contributed by atoms with Gasteiger partial charge in [-0.05, 0) is 24.6 Å². The third kappa shape index (κ3) is 4.30. The zero-order valence-electron chi connectivity index (χ0n) is 11.0. The first kappa shape index (κ1) is 15.6. The van der Waals surface area contributed by atoms with Gasteiger partial charge in [0.1, 0.15) is 0 Å². The number of nitrogens with zero attached hydrogens (tertiary/aromatic N) is 1. The molecule has 7 heteroatoms. The summed E-state index contributed by atoms with van der Waals surface area (Å²) in [5, 5.41) is 11.2. The summed E-state index contributed by atoms with van der Waals surface area (Å²) in [7, 11) is -0.618. The number of sulfonamides is 1. The quantitative estimate of drug-likeness (QED) is 0.804. The highest BCUT2D eigenvalue weighted by molar-refractivity contribution is 7.89. The van der Waals surface area contributed by atoms with Gasteiger partial charge in [0.15, 0.2) is 0 Å². The van der Waals surface area contributed by atoms with Crippen LogP contribution in [-0.2, 0) is 14.8 Å². The van der Waals surface area contributed by atoms with Crippen molar-refractivity contribution in [3.63, 3.8) is 0 Å². The van der Waals surface area contributed by atoms with Crippen molar-refractivity contribution < 1.29 is 18.3 Å². The normalized spacial score (nSPS) is 11.6. The maximum Gasteiger partial charge on any atom is 0.242 e. The molecule has 2 N–H and O–H groups in total. The highest BCUT2D eigenvalue weighted by Crippen LogP contribution is 2.18. The molecule has 0 bridgehead atoms. The number of rotatable bonds is 6. The zero-order chi connectivity index (χ0) is 14.5. The first-order valence-electron chi connectivity index (χ1n) is 5.81. The summed E-state index contributed by atoms with van der Waals surface area (Å²) < 4.78 is 25.0. The molecule has 0 radical (unpaired) electrons. The van der Waals surface area contributed by atoms with Crippen molar-refractivity contribution in [3.05, 3.63) is 24.3 Å². The van der Waals surface area contributed by atoms with E-state index in [9.17, 15) is 13.2 Å². The Morgan fingerprint density at radius 2 is 2.05 bits per heavy atom. The van der Waals surface area contributed by atoms with Crippen molar-refractivity contribution in [2.24, 2.45) is 0 Å². The molecule has 6 nitrogen and oxygen atoms in total. The molecule has 1 aromatic carbocycles. The molecule has 0 heterocycles. The first-order valence-corrected chi connectivity index (χ1v) is 7.25. The second-order valence-electron chi connectivity index (χ2n) is 4.19. The second kappa shape index (κ2) is 6.65. The standard InChI is InChI=1S/C12H18N2O4S/c1-14(2)19(17,18)11-6-3-5-10(9-11)13-12(16)7-4-8-15/h3,5-6,9,15H,4,7-8H2,1-2H3,(H,13,16). The van der Waals surface area contributed by atoms with E-state index in [2.05, 4.69) is 5.32 Å². The molecule has 19 heavy (non-hydrogen) atoms. The lowest BCUT2D eigenvalue weighted by molar-refractivity contribution is -0.116. The Morgan fingerprint density at radius 3 is 2.63 bits per heavy atom. The molecular weight excluding hydrogens is 268 g/mol. The molecule has 0 aliphatic heterocycles. The number of benzene rings is 1. The van der Waals surface area contributed by atoms with Crippen LogP contribution in [0.2, 0.25) is 0 Å². The third-order valence-electron chi connectivity index (χ3n) is 2.46. The van der Waals surface area contributed by atoms with Crippen molar-refractivity contribution in [1.82, 2.24) is 4.31 Å². The number of hydrogen-bond acceptors (Lipinski definition) is 4. The Hall–Kier alpha value is -1.44. The molecule has 0 saturated heterocycles. The van der Waals surface area contributed by atoms with E-state index in [-0.39, 0.29) is 23.8 Å². The summed E-state index contributed by atoms with van der Waals surface area (Å²) >= 11 is 0. The fourth-order valence-electron chi connectivity index (χ4n) is 1.41. The topological polar surface area (TPSA) is 86.7 Å². The van der Waals surface area contributed by atoms with Crippen LogP contribution in [0.4, 0.5) is 5.69 Å². The van der Waals surface area contributed by atoms with Gasteiger partial charge < -0.3 is 10.4 Å². The number of hydrogen-bond donors (Lipinski definition) is 2. The van der Waals surface area contributed by atoms with Crippen LogP contribution in [0.15, 0.2) is 29.2 Å². The van der Waals surface area contributed by atoms with Crippen molar-refractivity contribution >= 4 is 21.6 Å². The van der Waals surface area contributed by atoms with Gasteiger partial charge in [-0.25, -0.2) is 12.7 Å². The van der Waals surface area contributed by atoms with Gasteiger partial charge >= 0.3 is 0 Å². The lowest BCUT2D eigenvalue weighted by Crippen LogP contribution is -2.22. The van der Waals surface area contributed by atoms with Gasteiger partial charge in [0.2, 0.25) is 15.9 Å². The average molecular weight is 286 g/mol. The number of anilines is 1. The van der Waals surface area contributed by atoms with E-state index in [0.717, 1.165) is 4.31 Å². The van der Waals surface area contributed by atoms with Crippen LogP contribution >= 0.6 is 0 Å². The Kier molecular flexibility index (Phi) is 5.46. The van der Waals surface area contributed by atoms with Crippen LogP contribution in [0.25, 0.3) is 0 Å². The van der Waals surface area contributed by atoms with Gasteiger partial charge in [-0.3, -0.25) is 4.79 Å². The van der Waals surface area contributed by atoms with Crippen LogP contribution in [-0.4, -0.2) is 44.4 Å². The predicted octanol–water partition coefficient (Wildman–Crippen LogP) is 0.648. The second-order valence-corrected chi connectivity index (χ2v) is 6.34. The van der Waals surface area contributed by atoms with E-state index in [1.165, 1.54) is 26.2 Å². The Labute approximate surface area is 113 Å². The number of carbonyl (C=O) groups excluding carboxylic acids is 1. The van der Waals surface area contributed by atoms with Crippen molar-refractivity contribution in [2.45, 2.75) is 17.7 Å². The van der Waals surface area contributed by atoms with Crippen molar-refractivity contribution in [3.8, 4) is 0 Å². The smallest absolute Gasteiger partial charge is 0.242 e. The number of aliphatic hydroxyl groups is 1. The molecule has 1 amide bonds. The fraction of sp³-hybridized carbons (Fsp3) is 0.417. The van der Waals surface area contributed by atoms with E-state index in [0.29, 0.717) is 12.1 Å². The van der Waals surface area contributed by atoms with Crippen LogP contribution in [0.3, 0.4) is 0 Å². The molecule has 0 aliphatic rings. The van der Waals surface area contributed by atoms with Gasteiger partial charge in [0.05, 0.1) is 4.90 Å². The van der Waals surface area contributed by atoms with E-state index in [1.807, 2.05) is 0 Å². The van der Waals surface area contributed by atoms with Crippen LogP contribution < -0.4 is 5.32 Å². The summed E-state index contributed by atoms with van der Waals surface area (Å²) in [6.07, 6.45) is 0.572. The van der Waals surface area contributed by atoms with Gasteiger partial charge in [0, 0.05) is 32.8 Å². The lowest BCUT2D eigenvalue weighted by atomic mass is 10.3. The maximum atomic E-state index is 11.9. The summed E-state index contributed by atoms with van der Waals surface area (Å²) in [4.78, 5) is 11.6. The van der Waals surface area contributed by atoms with Crippen LogP contribution in [0, 0.1) is 0 Å². The van der Waals surface area contributed by atoms with Gasteiger partial charge in [0.25, 0.3) is 0 Å². The molecule has 106 valence electrons. The van der Waals surface area contributed by atoms with Gasteiger partial charge in [-0.2, -0.15) is 0 Å². The largest absolute Gasteiger partial charge is 0.396 e. The zero-order valence-corrected chi connectivity index (χ0v) is 11.8. The SMILES string of the molecule is CN(C)S(=O)(=O)c1cccc(NC(=O)CCCO)c1. The number of aliphatic hydroxyl groups excluding tert-OH is 1. The molecule has 0 unspecified atom stereocenters. The van der Waals surface area contributed by atoms with Crippen molar-refractivity contribution in [1.29, 1.82) is 0 Å². The Morgan fingerprint density at radius 1 is 1.37 bits per heavy atom. The Balaban J connectivity index is 2.87. The van der Waals surface area contributed by atoms with E-state index in [1.54, 1.807) is 12.1 Å². The molecule has 0 fully saturated rings. The highest BCUT2D eigenvalue weighted by atomic mass is 32.2. The minimum Gasteiger partial charge on any atom is -0.396 e. The number of amides is 1. The summed E-state index contributed by atoms with van der Waals surface area (Å²) in [5.74, 6) is -0.256. The van der Waals surface area contributed by atoms with Crippen LogP contribution in [0.5, 0.6) is 0 Å². The van der Waals surface area contributed by atoms with E-state index < -0.39 is 10.0 Å². The molecule has 0 saturated carbocycles. The monoisotopic (exact) mass is 286 g/mol. The highest BCUT2D eigenvalue weighted by Gasteiger charge is 2.17. The molecule has 0 aliphatic carbocycles. The van der Waals surface area contributed by atoms with Gasteiger partial charge in [-0.1, -0.05) is 6.07 Å². The number of carbonyl (C=O) groups is 1. The third-order valence-corrected chi connectivity index (χ3v) is 4.27. The minimum atomic E-state index is -3.51. The van der Waals surface area contributed by atoms with Gasteiger partial charge in [-0.15, -0.1) is 0 Å². The number of nitrogens with one attached hydrogen (secondary N) is 1. The first-order chi connectivity index (χ1) is 8.87. The predicted molar refractivity (Wildman–Crippen MR) is 72.3 cm³/mol. The molecule has 1 aromatic rings. The lowest BCUT2D eigenvalue weighted by Gasteiger charge is -2.12.